The molecule has 2 atom stereocenters. The van der Waals surface area contributed by atoms with Crippen LogP contribution in [0.4, 0.5) is 0 Å². The van der Waals surface area contributed by atoms with Gasteiger partial charge in [0, 0.05) is 24.3 Å². The Hall–Kier alpha value is -2.75. The molecule has 1 aliphatic rings. The molecule has 0 heterocycles. The average Bonchev–Trinajstić information content (AvgIpc) is 3.07. The average molecular weight is 392 g/mol. The van der Waals surface area contributed by atoms with Gasteiger partial charge in [0.15, 0.2) is 5.78 Å². The van der Waals surface area contributed by atoms with Crippen LogP contribution >= 0.6 is 0 Å². The first-order chi connectivity index (χ1) is 14.0. The topological polar surface area (TPSA) is 71.4 Å². The number of ketones is 2. The Balaban J connectivity index is 1.54. The van der Waals surface area contributed by atoms with Crippen molar-refractivity contribution in [2.75, 3.05) is 0 Å². The van der Waals surface area contributed by atoms with E-state index in [0.29, 0.717) is 24.2 Å². The minimum absolute atomic E-state index is 0.00451. The summed E-state index contributed by atoms with van der Waals surface area (Å²) in [7, 11) is 0. The lowest BCUT2D eigenvalue weighted by atomic mass is 9.89. The number of carbonyl (C=O) groups is 3. The molecule has 152 valence electrons. The molecule has 0 radical (unpaired) electrons. The van der Waals surface area contributed by atoms with Crippen molar-refractivity contribution in [3.8, 4) is 0 Å². The van der Waals surface area contributed by atoms with E-state index in [2.05, 4.69) is 0 Å². The monoisotopic (exact) mass is 392 g/mol. The van der Waals surface area contributed by atoms with Crippen molar-refractivity contribution in [1.29, 1.82) is 0 Å². The van der Waals surface area contributed by atoms with Gasteiger partial charge in [-0.1, -0.05) is 61.7 Å². The Bertz CT molecular complexity index is 912. The number of rotatable bonds is 10. The Labute approximate surface area is 171 Å². The number of carboxylic acids is 1. The standard InChI is InChI=1S/C25H28O4/c26-23(21-12-11-18-7-5-6-8-20(18)17-21)15-13-19-14-16-24(27)22(19)9-3-1-2-4-10-25(28)29/h5-8,11-13,15,17,19,22H,1-4,9-10,14,16H2,(H,28,29)/b15-13+. The highest BCUT2D eigenvalue weighted by molar-refractivity contribution is 6.06. The molecule has 2 aromatic carbocycles. The molecule has 0 bridgehead atoms. The fourth-order valence-electron chi connectivity index (χ4n) is 4.18. The van der Waals surface area contributed by atoms with Crippen LogP contribution in [0.1, 0.15) is 61.7 Å². The van der Waals surface area contributed by atoms with Crippen LogP contribution < -0.4 is 0 Å². The van der Waals surface area contributed by atoms with E-state index in [0.717, 1.165) is 42.9 Å². The maximum Gasteiger partial charge on any atom is 0.303 e. The molecule has 0 aliphatic heterocycles. The summed E-state index contributed by atoms with van der Waals surface area (Å²) in [6.07, 6.45) is 9.45. The van der Waals surface area contributed by atoms with E-state index in [-0.39, 0.29) is 24.0 Å². The van der Waals surface area contributed by atoms with Crippen LogP contribution in [0.15, 0.2) is 54.6 Å². The fraction of sp³-hybridized carbons (Fsp3) is 0.400. The molecule has 0 spiro atoms. The minimum Gasteiger partial charge on any atom is -0.481 e. The Morgan fingerprint density at radius 2 is 1.76 bits per heavy atom. The molecule has 1 aliphatic carbocycles. The number of Topliss-reactive ketones (excluding diaryl/α,β-unsaturated/α-hetero) is 1. The molecule has 0 saturated heterocycles. The third kappa shape index (κ3) is 5.86. The van der Waals surface area contributed by atoms with Gasteiger partial charge < -0.3 is 5.11 Å². The zero-order valence-corrected chi connectivity index (χ0v) is 16.7. The van der Waals surface area contributed by atoms with E-state index < -0.39 is 5.97 Å². The van der Waals surface area contributed by atoms with Gasteiger partial charge in [0.25, 0.3) is 0 Å². The van der Waals surface area contributed by atoms with Crippen LogP contribution in [0.25, 0.3) is 10.8 Å². The van der Waals surface area contributed by atoms with Gasteiger partial charge in [0.05, 0.1) is 0 Å². The van der Waals surface area contributed by atoms with E-state index in [9.17, 15) is 14.4 Å². The lowest BCUT2D eigenvalue weighted by molar-refractivity contribution is -0.137. The van der Waals surface area contributed by atoms with Gasteiger partial charge >= 0.3 is 5.97 Å². The molecule has 4 nitrogen and oxygen atoms in total. The van der Waals surface area contributed by atoms with E-state index in [4.69, 9.17) is 5.11 Å². The molecular formula is C25H28O4. The number of allylic oxidation sites excluding steroid dienone is 2. The van der Waals surface area contributed by atoms with Crippen LogP contribution in [-0.2, 0) is 9.59 Å². The van der Waals surface area contributed by atoms with E-state index in [1.165, 1.54) is 0 Å². The summed E-state index contributed by atoms with van der Waals surface area (Å²) < 4.78 is 0. The lowest BCUT2D eigenvalue weighted by Gasteiger charge is -2.14. The molecule has 4 heteroatoms. The highest BCUT2D eigenvalue weighted by Crippen LogP contribution is 2.34. The lowest BCUT2D eigenvalue weighted by Crippen LogP contribution is -2.13. The summed E-state index contributed by atoms with van der Waals surface area (Å²) in [6.45, 7) is 0. The summed E-state index contributed by atoms with van der Waals surface area (Å²) >= 11 is 0. The maximum absolute atomic E-state index is 12.6. The number of hydrogen-bond acceptors (Lipinski definition) is 3. The largest absolute Gasteiger partial charge is 0.481 e. The normalized spacial score (nSPS) is 19.2. The molecule has 2 unspecified atom stereocenters. The van der Waals surface area contributed by atoms with Gasteiger partial charge in [-0.25, -0.2) is 0 Å². The van der Waals surface area contributed by atoms with Crippen molar-refractivity contribution in [1.82, 2.24) is 0 Å². The summed E-state index contributed by atoms with van der Waals surface area (Å²) in [5.74, 6) is -0.357. The van der Waals surface area contributed by atoms with Gasteiger partial charge in [-0.2, -0.15) is 0 Å². The van der Waals surface area contributed by atoms with Crippen LogP contribution in [0.3, 0.4) is 0 Å². The van der Waals surface area contributed by atoms with Crippen molar-refractivity contribution in [2.24, 2.45) is 11.8 Å². The molecule has 1 N–H and O–H groups in total. The maximum atomic E-state index is 12.6. The molecule has 3 rings (SSSR count). The van der Waals surface area contributed by atoms with E-state index in [1.807, 2.05) is 48.5 Å². The van der Waals surface area contributed by atoms with Crippen molar-refractivity contribution >= 4 is 28.3 Å². The van der Waals surface area contributed by atoms with Crippen molar-refractivity contribution in [2.45, 2.75) is 51.4 Å². The number of carboxylic acid groups (broad SMARTS) is 1. The summed E-state index contributed by atoms with van der Waals surface area (Å²) in [6, 6.07) is 13.7. The second kappa shape index (κ2) is 10.1. The molecule has 29 heavy (non-hydrogen) atoms. The number of hydrogen-bond donors (Lipinski definition) is 1. The zero-order valence-electron chi connectivity index (χ0n) is 16.7. The van der Waals surface area contributed by atoms with Crippen molar-refractivity contribution in [3.63, 3.8) is 0 Å². The van der Waals surface area contributed by atoms with Gasteiger partial charge in [0.1, 0.15) is 5.78 Å². The third-order valence-corrected chi connectivity index (χ3v) is 5.84. The Morgan fingerprint density at radius 1 is 1.00 bits per heavy atom. The van der Waals surface area contributed by atoms with Crippen LogP contribution in [-0.4, -0.2) is 22.6 Å². The van der Waals surface area contributed by atoms with Crippen molar-refractivity contribution in [3.05, 3.63) is 60.2 Å². The van der Waals surface area contributed by atoms with E-state index in [1.54, 1.807) is 6.08 Å². The van der Waals surface area contributed by atoms with Crippen LogP contribution in [0, 0.1) is 11.8 Å². The highest BCUT2D eigenvalue weighted by atomic mass is 16.4. The molecule has 1 fully saturated rings. The first kappa shape index (κ1) is 21.0. The second-order valence-corrected chi connectivity index (χ2v) is 7.91. The smallest absolute Gasteiger partial charge is 0.303 e. The fourth-order valence-corrected chi connectivity index (χ4v) is 4.18. The highest BCUT2D eigenvalue weighted by Gasteiger charge is 2.32. The second-order valence-electron chi connectivity index (χ2n) is 7.91. The van der Waals surface area contributed by atoms with Gasteiger partial charge in [0.2, 0.25) is 0 Å². The number of fused-ring (bicyclic) bond motifs is 1. The summed E-state index contributed by atoms with van der Waals surface area (Å²) in [4.78, 5) is 35.4. The molecule has 2 aromatic rings. The molecule has 0 aromatic heterocycles. The molecular weight excluding hydrogens is 364 g/mol. The van der Waals surface area contributed by atoms with Crippen LogP contribution in [0.5, 0.6) is 0 Å². The summed E-state index contributed by atoms with van der Waals surface area (Å²) in [5.41, 5.74) is 0.666. The summed E-state index contributed by atoms with van der Waals surface area (Å²) in [5, 5.41) is 10.8. The third-order valence-electron chi connectivity index (χ3n) is 5.84. The van der Waals surface area contributed by atoms with Gasteiger partial charge in [-0.15, -0.1) is 0 Å². The SMILES string of the molecule is O=C(O)CCCCCCC1C(=O)CCC1/C=C/C(=O)c1ccc2ccccc2c1. The Kier molecular flexibility index (Phi) is 7.34. The van der Waals surface area contributed by atoms with Crippen LogP contribution in [0.2, 0.25) is 0 Å². The van der Waals surface area contributed by atoms with E-state index >= 15 is 0 Å². The molecule has 1 saturated carbocycles. The minimum atomic E-state index is -0.753. The zero-order chi connectivity index (χ0) is 20.6. The van der Waals surface area contributed by atoms with Gasteiger partial charge in [-0.05, 0) is 48.1 Å². The Morgan fingerprint density at radius 3 is 2.55 bits per heavy atom. The molecule has 0 amide bonds. The predicted octanol–water partition coefficient (Wildman–Crippen LogP) is 5.60. The first-order valence-corrected chi connectivity index (χ1v) is 10.5. The number of aliphatic carboxylic acids is 1. The predicted molar refractivity (Wildman–Crippen MR) is 114 cm³/mol. The number of carbonyl (C=O) groups excluding carboxylic acids is 2. The quantitative estimate of drug-likeness (QED) is 0.325. The van der Waals surface area contributed by atoms with Gasteiger partial charge in [-0.3, -0.25) is 14.4 Å². The number of unbranched alkanes of at least 4 members (excludes halogenated alkanes) is 3. The van der Waals surface area contributed by atoms with Crippen molar-refractivity contribution < 1.29 is 19.5 Å². The number of benzene rings is 2. The first-order valence-electron chi connectivity index (χ1n) is 10.5.